The molecular weight excluding hydrogens is 733 g/mol. The number of allylic oxidation sites excluding steroid dienone is 3. The Morgan fingerprint density at radius 2 is 0.881 bits per heavy atom. The molecule has 59 heavy (non-hydrogen) atoms. The lowest BCUT2D eigenvalue weighted by atomic mass is 10.0. The Kier molecular flexibility index (Phi) is 45.2. The van der Waals surface area contributed by atoms with Crippen LogP contribution in [0.4, 0.5) is 0 Å². The first-order chi connectivity index (χ1) is 28.9. The van der Waals surface area contributed by atoms with E-state index in [1.54, 1.807) is 0 Å². The molecule has 346 valence electrons. The molecule has 0 aliphatic heterocycles. The molecule has 0 rings (SSSR count). The minimum Gasteiger partial charge on any atom is -0.480 e. The average molecular weight is 831 g/mol. The number of carboxylic acids is 1. The van der Waals surface area contributed by atoms with Gasteiger partial charge in [0.05, 0.1) is 0 Å². The van der Waals surface area contributed by atoms with Crippen molar-refractivity contribution in [3.05, 3.63) is 24.3 Å². The van der Waals surface area contributed by atoms with Crippen LogP contribution >= 0.6 is 0 Å². The summed E-state index contributed by atoms with van der Waals surface area (Å²) in [5, 5.41) is 11.9. The van der Waals surface area contributed by atoms with Crippen molar-refractivity contribution in [2.45, 2.75) is 283 Å². The van der Waals surface area contributed by atoms with E-state index in [9.17, 15) is 19.5 Å². The number of esters is 1. The van der Waals surface area contributed by atoms with Crippen LogP contribution in [0.1, 0.15) is 271 Å². The van der Waals surface area contributed by atoms with Gasteiger partial charge >= 0.3 is 11.9 Å². The summed E-state index contributed by atoms with van der Waals surface area (Å²) in [6.45, 7) is 4.96. The summed E-state index contributed by atoms with van der Waals surface area (Å²) >= 11 is 0. The summed E-state index contributed by atoms with van der Waals surface area (Å²) in [5.74, 6) is -1.25. The van der Waals surface area contributed by atoms with Gasteiger partial charge in [0.1, 0.15) is 12.1 Å². The van der Waals surface area contributed by atoms with Crippen molar-refractivity contribution in [3.8, 4) is 0 Å². The molecule has 0 aromatic carbocycles. The van der Waals surface area contributed by atoms with E-state index >= 15 is 0 Å². The SMILES string of the molecule is CCCCCCCCC/C=C\C(CCCCCCCCC(=O)NC(CCCN)C(=O)O)OC(=O)CCCCCCCCCCCCC/C=C\CCCCCCCCCC. The van der Waals surface area contributed by atoms with Crippen molar-refractivity contribution in [2.75, 3.05) is 6.54 Å². The molecule has 4 N–H and O–H groups in total. The highest BCUT2D eigenvalue weighted by molar-refractivity contribution is 5.83. The van der Waals surface area contributed by atoms with Crippen LogP contribution in [0.15, 0.2) is 24.3 Å². The average Bonchev–Trinajstić information content (AvgIpc) is 3.22. The van der Waals surface area contributed by atoms with Gasteiger partial charge in [0.25, 0.3) is 0 Å². The maximum atomic E-state index is 12.8. The second-order valence-electron chi connectivity index (χ2n) is 17.6. The molecule has 0 spiro atoms. The Bertz CT molecular complexity index is 982. The molecule has 2 unspecified atom stereocenters. The molecule has 0 bridgehead atoms. The molecule has 0 saturated carbocycles. The zero-order valence-electron chi connectivity index (χ0n) is 39.1. The Morgan fingerprint density at radius 1 is 0.492 bits per heavy atom. The summed E-state index contributed by atoms with van der Waals surface area (Å²) in [7, 11) is 0. The van der Waals surface area contributed by atoms with Crippen molar-refractivity contribution in [1.82, 2.24) is 5.32 Å². The molecule has 7 nitrogen and oxygen atoms in total. The fourth-order valence-corrected chi connectivity index (χ4v) is 7.83. The minimum atomic E-state index is -1.00. The van der Waals surface area contributed by atoms with Crippen molar-refractivity contribution >= 4 is 17.8 Å². The number of hydrogen-bond acceptors (Lipinski definition) is 5. The zero-order valence-corrected chi connectivity index (χ0v) is 39.1. The summed E-state index contributed by atoms with van der Waals surface area (Å²) in [6.07, 6.45) is 55.5. The van der Waals surface area contributed by atoms with Gasteiger partial charge in [-0.05, 0) is 89.7 Å². The maximum absolute atomic E-state index is 12.8. The predicted octanol–water partition coefficient (Wildman–Crippen LogP) is 15.2. The first kappa shape index (κ1) is 56.9. The molecule has 7 heteroatoms. The van der Waals surface area contributed by atoms with E-state index < -0.39 is 12.0 Å². The van der Waals surface area contributed by atoms with Gasteiger partial charge in [-0.1, -0.05) is 199 Å². The van der Waals surface area contributed by atoms with Gasteiger partial charge < -0.3 is 20.9 Å². The van der Waals surface area contributed by atoms with Crippen LogP contribution in [0.3, 0.4) is 0 Å². The Labute approximate surface area is 365 Å². The maximum Gasteiger partial charge on any atom is 0.326 e. The monoisotopic (exact) mass is 831 g/mol. The van der Waals surface area contributed by atoms with E-state index in [-0.39, 0.29) is 18.0 Å². The van der Waals surface area contributed by atoms with Crippen LogP contribution in [-0.4, -0.2) is 41.6 Å². The van der Waals surface area contributed by atoms with Gasteiger partial charge in [-0.3, -0.25) is 9.59 Å². The number of nitrogens with one attached hydrogen (secondary N) is 1. The van der Waals surface area contributed by atoms with Crippen LogP contribution in [0, 0.1) is 0 Å². The van der Waals surface area contributed by atoms with Crippen LogP contribution < -0.4 is 11.1 Å². The molecule has 0 fully saturated rings. The number of amides is 1. The third-order valence-electron chi connectivity index (χ3n) is 11.7. The highest BCUT2D eigenvalue weighted by atomic mass is 16.5. The van der Waals surface area contributed by atoms with Gasteiger partial charge in [-0.25, -0.2) is 4.79 Å². The topological polar surface area (TPSA) is 119 Å². The van der Waals surface area contributed by atoms with Gasteiger partial charge in [-0.2, -0.15) is 0 Å². The molecule has 0 aliphatic rings. The first-order valence-electron chi connectivity index (χ1n) is 25.7. The Balaban J connectivity index is 4.10. The Hall–Kier alpha value is -2.15. The summed E-state index contributed by atoms with van der Waals surface area (Å²) in [4.78, 5) is 36.4. The highest BCUT2D eigenvalue weighted by Crippen LogP contribution is 2.17. The summed E-state index contributed by atoms with van der Waals surface area (Å²) in [5.41, 5.74) is 5.49. The van der Waals surface area contributed by atoms with Crippen LogP contribution in [0.5, 0.6) is 0 Å². The second-order valence-corrected chi connectivity index (χ2v) is 17.6. The fourth-order valence-electron chi connectivity index (χ4n) is 7.83. The smallest absolute Gasteiger partial charge is 0.326 e. The summed E-state index contributed by atoms with van der Waals surface area (Å²) < 4.78 is 5.99. The molecule has 2 atom stereocenters. The number of carbonyl (C=O) groups is 3. The number of unbranched alkanes of at least 4 members (excludes halogenated alkanes) is 31. The van der Waals surface area contributed by atoms with E-state index in [2.05, 4.69) is 43.5 Å². The lowest BCUT2D eigenvalue weighted by Crippen LogP contribution is -2.40. The molecule has 0 aliphatic carbocycles. The number of nitrogens with two attached hydrogens (primary N) is 1. The van der Waals surface area contributed by atoms with Gasteiger partial charge in [-0.15, -0.1) is 0 Å². The van der Waals surface area contributed by atoms with E-state index in [0.717, 1.165) is 64.2 Å². The van der Waals surface area contributed by atoms with Crippen LogP contribution in [0.2, 0.25) is 0 Å². The zero-order chi connectivity index (χ0) is 43.1. The van der Waals surface area contributed by atoms with Crippen molar-refractivity contribution in [3.63, 3.8) is 0 Å². The number of carboxylic acid groups (broad SMARTS) is 1. The molecule has 0 aromatic heterocycles. The predicted molar refractivity (Wildman–Crippen MR) is 253 cm³/mol. The quantitative estimate of drug-likeness (QED) is 0.0319. The number of aliphatic carboxylic acids is 1. The molecule has 0 aromatic rings. The first-order valence-corrected chi connectivity index (χ1v) is 25.7. The third-order valence-corrected chi connectivity index (χ3v) is 11.7. The van der Waals surface area contributed by atoms with E-state index in [1.165, 1.54) is 167 Å². The van der Waals surface area contributed by atoms with E-state index in [0.29, 0.717) is 32.2 Å². The molecular formula is C52H98N2O5. The van der Waals surface area contributed by atoms with Gasteiger partial charge in [0.2, 0.25) is 5.91 Å². The van der Waals surface area contributed by atoms with E-state index in [4.69, 9.17) is 10.5 Å². The number of ether oxygens (including phenoxy) is 1. The summed E-state index contributed by atoms with van der Waals surface area (Å²) in [6, 6.07) is -0.852. The lowest BCUT2D eigenvalue weighted by molar-refractivity contribution is -0.147. The molecule has 0 heterocycles. The largest absolute Gasteiger partial charge is 0.480 e. The third kappa shape index (κ3) is 43.7. The second kappa shape index (κ2) is 46.9. The van der Waals surface area contributed by atoms with Crippen molar-refractivity contribution in [2.24, 2.45) is 5.73 Å². The number of carbonyl (C=O) groups excluding carboxylic acids is 2. The minimum absolute atomic E-state index is 0.0546. The standard InChI is InChI=1S/C52H98N2O5/c1-3-5-7-9-11-13-14-15-16-17-18-19-20-21-22-23-24-25-26-28-30-36-40-46-51(56)59-48(42-37-33-29-27-12-10-8-6-4-2)43-38-34-31-32-35-39-45-50(55)54-49(52(57)58)44-41-47-53/h17-18,37,42,48-49H,3-16,19-36,38-41,43-47,53H2,1-2H3,(H,54,55)(H,57,58)/b18-17-,42-37-. The molecule has 0 saturated heterocycles. The highest BCUT2D eigenvalue weighted by Gasteiger charge is 2.19. The van der Waals surface area contributed by atoms with Crippen molar-refractivity contribution < 1.29 is 24.2 Å². The number of rotatable bonds is 47. The fraction of sp³-hybridized carbons (Fsp3) is 0.865. The van der Waals surface area contributed by atoms with Gasteiger partial charge in [0, 0.05) is 12.8 Å². The van der Waals surface area contributed by atoms with Gasteiger partial charge in [0.15, 0.2) is 0 Å². The molecule has 1 amide bonds. The van der Waals surface area contributed by atoms with Crippen LogP contribution in [0.25, 0.3) is 0 Å². The van der Waals surface area contributed by atoms with E-state index in [1.807, 2.05) is 0 Å². The Morgan fingerprint density at radius 3 is 1.32 bits per heavy atom. The lowest BCUT2D eigenvalue weighted by Gasteiger charge is -2.15. The number of hydrogen-bond donors (Lipinski definition) is 3. The molecule has 0 radical (unpaired) electrons. The van der Waals surface area contributed by atoms with Crippen molar-refractivity contribution in [1.29, 1.82) is 0 Å². The normalized spacial score (nSPS) is 12.7. The van der Waals surface area contributed by atoms with Crippen LogP contribution in [-0.2, 0) is 19.1 Å².